The largest absolute Gasteiger partial charge is 0.497 e. The molecule has 2 rings (SSSR count). The Morgan fingerprint density at radius 1 is 1.53 bits per heavy atom. The maximum absolute atomic E-state index is 11.4. The van der Waals surface area contributed by atoms with Gasteiger partial charge < -0.3 is 20.6 Å². The summed E-state index contributed by atoms with van der Waals surface area (Å²) in [5, 5.41) is 10.2. The second-order valence-corrected chi connectivity index (χ2v) is 4.47. The van der Waals surface area contributed by atoms with E-state index in [4.69, 9.17) is 10.5 Å². The minimum absolute atomic E-state index is 0.0203. The molecule has 1 atom stereocenters. The van der Waals surface area contributed by atoms with E-state index in [0.717, 1.165) is 22.9 Å². The highest BCUT2D eigenvalue weighted by atomic mass is 16.5. The number of aromatic amines is 1. The summed E-state index contributed by atoms with van der Waals surface area (Å²) in [7, 11) is 1.59. The van der Waals surface area contributed by atoms with Crippen molar-refractivity contribution in [2.75, 3.05) is 13.7 Å². The Hall–Kier alpha value is -2.01. The summed E-state index contributed by atoms with van der Waals surface area (Å²) in [6.07, 6.45) is 0.793. The van der Waals surface area contributed by atoms with Crippen LogP contribution in [0.15, 0.2) is 18.2 Å². The van der Waals surface area contributed by atoms with Gasteiger partial charge in [-0.3, -0.25) is 0 Å². The van der Waals surface area contributed by atoms with Crippen LogP contribution >= 0.6 is 0 Å². The van der Waals surface area contributed by atoms with E-state index < -0.39 is 5.97 Å². The molecule has 0 aliphatic carbocycles. The minimum atomic E-state index is -0.961. The molecule has 4 N–H and O–H groups in total. The van der Waals surface area contributed by atoms with Gasteiger partial charge in [0.15, 0.2) is 0 Å². The van der Waals surface area contributed by atoms with Crippen molar-refractivity contribution in [1.82, 2.24) is 4.98 Å². The molecule has 0 aliphatic heterocycles. The third-order valence-corrected chi connectivity index (χ3v) is 3.45. The minimum Gasteiger partial charge on any atom is -0.497 e. The lowest BCUT2D eigenvalue weighted by atomic mass is 9.93. The lowest BCUT2D eigenvalue weighted by molar-refractivity contribution is 0.0690. The molecule has 0 spiro atoms. The molecule has 1 aromatic carbocycles. The molecule has 0 saturated heterocycles. The van der Waals surface area contributed by atoms with Crippen molar-refractivity contribution < 1.29 is 14.6 Å². The van der Waals surface area contributed by atoms with Crippen molar-refractivity contribution >= 4 is 16.9 Å². The summed E-state index contributed by atoms with van der Waals surface area (Å²) in [6, 6.07) is 5.48. The van der Waals surface area contributed by atoms with Crippen molar-refractivity contribution in [2.45, 2.75) is 19.3 Å². The van der Waals surface area contributed by atoms with Crippen molar-refractivity contribution in [1.29, 1.82) is 0 Å². The summed E-state index contributed by atoms with van der Waals surface area (Å²) >= 11 is 0. The van der Waals surface area contributed by atoms with Crippen molar-refractivity contribution in [3.8, 4) is 5.75 Å². The van der Waals surface area contributed by atoms with E-state index >= 15 is 0 Å². The van der Waals surface area contributed by atoms with E-state index in [9.17, 15) is 9.90 Å². The van der Waals surface area contributed by atoms with Gasteiger partial charge in [0.1, 0.15) is 11.4 Å². The fourth-order valence-electron chi connectivity index (χ4n) is 2.40. The molecule has 5 nitrogen and oxygen atoms in total. The molecule has 0 bridgehead atoms. The molecular formula is C14H18N2O3. The number of hydrogen-bond donors (Lipinski definition) is 3. The number of H-pyrrole nitrogens is 1. The Morgan fingerprint density at radius 2 is 2.26 bits per heavy atom. The van der Waals surface area contributed by atoms with Crippen LogP contribution in [-0.4, -0.2) is 29.7 Å². The number of ether oxygens (including phenoxy) is 1. The van der Waals surface area contributed by atoms with Crippen molar-refractivity contribution in [2.24, 2.45) is 5.73 Å². The lowest BCUT2D eigenvalue weighted by Crippen LogP contribution is -2.14. The number of hydrogen-bond acceptors (Lipinski definition) is 3. The average molecular weight is 262 g/mol. The number of nitrogens with one attached hydrogen (secondary N) is 1. The van der Waals surface area contributed by atoms with Crippen LogP contribution in [-0.2, 0) is 0 Å². The molecular weight excluding hydrogens is 244 g/mol. The summed E-state index contributed by atoms with van der Waals surface area (Å²) in [5.74, 6) is -0.236. The zero-order chi connectivity index (χ0) is 14.0. The third-order valence-electron chi connectivity index (χ3n) is 3.45. The van der Waals surface area contributed by atoms with E-state index in [2.05, 4.69) is 4.98 Å². The number of fused-ring (bicyclic) bond motifs is 1. The molecule has 2 aromatic rings. The Balaban J connectivity index is 2.73. The van der Waals surface area contributed by atoms with Crippen LogP contribution in [0, 0.1) is 0 Å². The van der Waals surface area contributed by atoms with Gasteiger partial charge in [0.2, 0.25) is 0 Å². The number of aromatic carboxylic acids is 1. The summed E-state index contributed by atoms with van der Waals surface area (Å²) < 4.78 is 5.20. The van der Waals surface area contributed by atoms with Gasteiger partial charge in [-0.25, -0.2) is 4.79 Å². The van der Waals surface area contributed by atoms with Crippen LogP contribution in [0.5, 0.6) is 5.75 Å². The van der Waals surface area contributed by atoms with Crippen LogP contribution in [0.1, 0.15) is 35.3 Å². The molecule has 0 radical (unpaired) electrons. The number of aromatic nitrogens is 1. The van der Waals surface area contributed by atoms with Crippen LogP contribution < -0.4 is 10.5 Å². The van der Waals surface area contributed by atoms with E-state index in [1.54, 1.807) is 13.2 Å². The van der Waals surface area contributed by atoms with Crippen LogP contribution in [0.2, 0.25) is 0 Å². The van der Waals surface area contributed by atoms with Crippen LogP contribution in [0.4, 0.5) is 0 Å². The SMILES string of the molecule is CCC(CN)c1c(C(=O)O)[nH]c2ccc(OC)cc12. The number of nitrogens with two attached hydrogens (primary N) is 1. The fourth-order valence-corrected chi connectivity index (χ4v) is 2.40. The number of carboxylic acids is 1. The number of carbonyl (C=O) groups is 1. The maximum atomic E-state index is 11.4. The van der Waals surface area contributed by atoms with E-state index in [1.807, 2.05) is 19.1 Å². The molecule has 102 valence electrons. The molecule has 1 heterocycles. The van der Waals surface area contributed by atoms with Gasteiger partial charge >= 0.3 is 5.97 Å². The summed E-state index contributed by atoms with van der Waals surface area (Å²) in [6.45, 7) is 2.42. The lowest BCUT2D eigenvalue weighted by Gasteiger charge is -2.13. The zero-order valence-corrected chi connectivity index (χ0v) is 11.1. The first kappa shape index (κ1) is 13.4. The van der Waals surface area contributed by atoms with E-state index in [1.165, 1.54) is 0 Å². The summed E-state index contributed by atoms with van der Waals surface area (Å²) in [4.78, 5) is 14.3. The highest BCUT2D eigenvalue weighted by molar-refractivity contribution is 5.98. The van der Waals surface area contributed by atoms with Crippen molar-refractivity contribution in [3.05, 3.63) is 29.5 Å². The van der Waals surface area contributed by atoms with Gasteiger partial charge in [-0.15, -0.1) is 0 Å². The second-order valence-electron chi connectivity index (χ2n) is 4.47. The van der Waals surface area contributed by atoms with E-state index in [0.29, 0.717) is 12.3 Å². The van der Waals surface area contributed by atoms with Gasteiger partial charge in [0.25, 0.3) is 0 Å². The quantitative estimate of drug-likeness (QED) is 0.771. The monoisotopic (exact) mass is 262 g/mol. The van der Waals surface area contributed by atoms with Gasteiger partial charge in [0, 0.05) is 10.9 Å². The topological polar surface area (TPSA) is 88.3 Å². The Bertz CT molecular complexity index is 600. The van der Waals surface area contributed by atoms with Gasteiger partial charge in [-0.1, -0.05) is 6.92 Å². The van der Waals surface area contributed by atoms with Gasteiger partial charge in [-0.05, 0) is 42.6 Å². The standard InChI is InChI=1S/C14H18N2O3/c1-3-8(7-15)12-10-6-9(19-2)4-5-11(10)16-13(12)14(17)18/h4-6,8,16H,3,7,15H2,1-2H3,(H,17,18). The maximum Gasteiger partial charge on any atom is 0.352 e. The Morgan fingerprint density at radius 3 is 2.79 bits per heavy atom. The first-order chi connectivity index (χ1) is 9.12. The molecule has 1 aromatic heterocycles. The zero-order valence-electron chi connectivity index (χ0n) is 11.1. The molecule has 0 aliphatic rings. The predicted molar refractivity (Wildman–Crippen MR) is 73.9 cm³/mol. The predicted octanol–water partition coefficient (Wildman–Crippen LogP) is 2.33. The highest BCUT2D eigenvalue weighted by Crippen LogP contribution is 2.33. The Labute approximate surface area is 111 Å². The Kier molecular flexibility index (Phi) is 3.76. The van der Waals surface area contributed by atoms with Gasteiger partial charge in [0.05, 0.1) is 7.11 Å². The smallest absolute Gasteiger partial charge is 0.352 e. The molecule has 0 saturated carbocycles. The number of methoxy groups -OCH3 is 1. The molecule has 0 amide bonds. The third kappa shape index (κ3) is 2.29. The average Bonchev–Trinajstić information content (AvgIpc) is 2.79. The number of benzene rings is 1. The molecule has 0 fully saturated rings. The van der Waals surface area contributed by atoms with Crippen LogP contribution in [0.25, 0.3) is 10.9 Å². The molecule has 1 unspecified atom stereocenters. The van der Waals surface area contributed by atoms with Crippen LogP contribution in [0.3, 0.4) is 0 Å². The molecule has 19 heavy (non-hydrogen) atoms. The fraction of sp³-hybridized carbons (Fsp3) is 0.357. The van der Waals surface area contributed by atoms with Crippen molar-refractivity contribution in [3.63, 3.8) is 0 Å². The highest BCUT2D eigenvalue weighted by Gasteiger charge is 2.22. The normalized spacial score (nSPS) is 12.6. The second kappa shape index (κ2) is 5.32. The van der Waals surface area contributed by atoms with Gasteiger partial charge in [-0.2, -0.15) is 0 Å². The number of carboxylic acid groups (broad SMARTS) is 1. The first-order valence-electron chi connectivity index (χ1n) is 6.25. The molecule has 5 heteroatoms. The summed E-state index contributed by atoms with van der Waals surface area (Å²) in [5.41, 5.74) is 7.55. The number of rotatable bonds is 5. The first-order valence-corrected chi connectivity index (χ1v) is 6.25. The van der Waals surface area contributed by atoms with E-state index in [-0.39, 0.29) is 11.6 Å².